The average Bonchev–Trinajstić information content (AvgIpc) is 2.39. The minimum atomic E-state index is -6.17. The topological polar surface area (TPSA) is 160 Å². The summed E-state index contributed by atoms with van der Waals surface area (Å²) in [5, 5.41) is 51.5. The van der Waals surface area contributed by atoms with Crippen LogP contribution in [0.3, 0.4) is 0 Å². The zero-order valence-electron chi connectivity index (χ0n) is 6.76. The molecule has 0 aromatic rings. The molecule has 15 heavy (non-hydrogen) atoms. The van der Waals surface area contributed by atoms with Crippen LogP contribution in [-0.4, -0.2) is 0 Å². The normalized spacial score (nSPS) is 11.9. The van der Waals surface area contributed by atoms with Gasteiger partial charge in [0.1, 0.15) is 0 Å². The third kappa shape index (κ3) is 1.45. The molecule has 0 aliphatic heterocycles. The standard InChI is InChI=1S/6CN.Fe.Ni.O/c6*1-2;;;/q;;;;;;-4;+4;. The first-order chi connectivity index (χ1) is 6.97. The summed E-state index contributed by atoms with van der Waals surface area (Å²) < 4.78 is 7.88. The van der Waals surface area contributed by atoms with E-state index in [-0.39, 0.29) is 0 Å². The Morgan fingerprint density at radius 1 is 0.600 bits per heavy atom. The maximum absolute atomic E-state index is 8.58. The predicted molar refractivity (Wildman–Crippen MR) is 34.4 cm³/mol. The van der Waals surface area contributed by atoms with Crippen molar-refractivity contribution in [3.8, 4) is 29.8 Å². The van der Waals surface area contributed by atoms with E-state index in [9.17, 15) is 0 Å². The van der Waals surface area contributed by atoms with Gasteiger partial charge in [0.25, 0.3) is 0 Å². The van der Waals surface area contributed by atoms with Gasteiger partial charge in [0.2, 0.25) is 0 Å². The van der Waals surface area contributed by atoms with Crippen LogP contribution in [0.4, 0.5) is 0 Å². The Hall–Kier alpha value is -2.25. The second-order valence-electron chi connectivity index (χ2n) is 1.80. The van der Waals surface area contributed by atoms with Gasteiger partial charge in [-0.05, 0) is 0 Å². The summed E-state index contributed by atoms with van der Waals surface area (Å²) in [7, 11) is -6.17. The van der Waals surface area contributed by atoms with Crippen molar-refractivity contribution in [3.05, 3.63) is 0 Å². The van der Waals surface area contributed by atoms with E-state index in [0.29, 0.717) is 0 Å². The minimum absolute atomic E-state index is 1.03. The molecule has 0 N–H and O–H groups in total. The van der Waals surface area contributed by atoms with Crippen LogP contribution in [0.2, 0.25) is 0 Å². The van der Waals surface area contributed by atoms with Crippen LogP contribution in [0.25, 0.3) is 0 Å². The van der Waals surface area contributed by atoms with Crippen molar-refractivity contribution in [1.82, 2.24) is 0 Å². The Morgan fingerprint density at radius 2 is 0.733 bits per heavy atom. The van der Waals surface area contributed by atoms with Crippen molar-refractivity contribution in [3.63, 3.8) is 0 Å². The van der Waals surface area contributed by atoms with Crippen molar-refractivity contribution >= 4 is 0 Å². The molecule has 0 rings (SSSR count). The van der Waals surface area contributed by atoms with Crippen LogP contribution < -0.4 is 0 Å². The Balaban J connectivity index is 0. The Morgan fingerprint density at radius 3 is 0.733 bits per heavy atom. The molecule has 0 aromatic heterocycles. The van der Waals surface area contributed by atoms with E-state index in [1.54, 1.807) is 0 Å². The Labute approximate surface area is 91.4 Å². The molecular weight excluding hydrogens is 287 g/mol. The second kappa shape index (κ2) is 3.86. The van der Waals surface area contributed by atoms with Gasteiger partial charge >= 0.3 is 91.4 Å². The predicted octanol–water partition coefficient (Wildman–Crippen LogP) is -0.0231. The molecule has 0 aliphatic rings. The van der Waals surface area contributed by atoms with Crippen LogP contribution in [0.15, 0.2) is 0 Å². The quantitative estimate of drug-likeness (QED) is 0.565. The summed E-state index contributed by atoms with van der Waals surface area (Å²) in [6, 6.07) is 0. The average molecular weight is 287 g/mol. The molecule has 0 saturated carbocycles. The number of nitriles is 6. The van der Waals surface area contributed by atoms with Crippen molar-refractivity contribution in [2.75, 3.05) is 0 Å². The van der Waals surface area contributed by atoms with Crippen molar-refractivity contribution in [2.45, 2.75) is 0 Å². The first kappa shape index (κ1) is 15.2. The first-order valence-electron chi connectivity index (χ1n) is 2.53. The fourth-order valence-corrected chi connectivity index (χ4v) is 1.09. The summed E-state index contributed by atoms with van der Waals surface area (Å²) in [4.78, 5) is 6.19. The maximum atomic E-state index is 8.58. The van der Waals surface area contributed by atoms with E-state index in [2.05, 4.69) is 15.4 Å². The summed E-state index contributed by atoms with van der Waals surface area (Å²) in [6.45, 7) is 0. The van der Waals surface area contributed by atoms with E-state index in [0.717, 1.165) is 29.8 Å². The van der Waals surface area contributed by atoms with Gasteiger partial charge in [-0.2, -0.15) is 0 Å². The summed E-state index contributed by atoms with van der Waals surface area (Å²) in [6.07, 6.45) is 0. The van der Waals surface area contributed by atoms with Crippen LogP contribution >= 0.6 is 0 Å². The molecule has 78 valence electrons. The number of nitrogens with zero attached hydrogens (tertiary/aromatic N) is 6. The molecule has 0 saturated heterocycles. The van der Waals surface area contributed by atoms with Gasteiger partial charge in [-0.25, -0.2) is 0 Å². The zero-order valence-corrected chi connectivity index (χ0v) is 8.85. The molecular formula is C6FeN6NiO. The van der Waals surface area contributed by atoms with Crippen molar-refractivity contribution in [1.29, 1.82) is 31.6 Å². The van der Waals surface area contributed by atoms with Crippen molar-refractivity contribution < 1.29 is 30.0 Å². The molecule has 0 heterocycles. The molecule has 0 fully saturated rings. The Bertz CT molecular complexity index is 412. The van der Waals surface area contributed by atoms with Crippen LogP contribution in [0.1, 0.15) is 0 Å². The molecule has 0 spiro atoms. The SMILES string of the molecule is N#[C][Fe-4]([C]#N)([C]#N)([C]#N)([C]#N)[C]#N.[O]=[Ni+4]. The van der Waals surface area contributed by atoms with E-state index in [1.165, 1.54) is 0 Å². The Kier molecular flexibility index (Phi) is 3.92. The van der Waals surface area contributed by atoms with Gasteiger partial charge in [0.15, 0.2) is 0 Å². The van der Waals surface area contributed by atoms with Gasteiger partial charge in [-0.3, -0.25) is 0 Å². The van der Waals surface area contributed by atoms with Gasteiger partial charge in [-0.1, -0.05) is 0 Å². The van der Waals surface area contributed by atoms with Gasteiger partial charge in [0, 0.05) is 0 Å². The number of rotatable bonds is 0. The fourth-order valence-electron chi connectivity index (χ4n) is 0.265. The van der Waals surface area contributed by atoms with Crippen LogP contribution in [0, 0.1) is 61.4 Å². The molecule has 7 nitrogen and oxygen atoms in total. The van der Waals surface area contributed by atoms with Gasteiger partial charge < -0.3 is 0 Å². The molecule has 0 aliphatic carbocycles. The monoisotopic (exact) mass is 286 g/mol. The fraction of sp³-hybridized carbons (Fsp3) is 0. The van der Waals surface area contributed by atoms with E-state index >= 15 is 0 Å². The third-order valence-corrected chi connectivity index (χ3v) is 4.89. The molecule has 9 heteroatoms. The molecule has 0 unspecified atom stereocenters. The molecule has 0 atom stereocenters. The van der Waals surface area contributed by atoms with Crippen molar-refractivity contribution in [2.24, 2.45) is 0 Å². The van der Waals surface area contributed by atoms with Gasteiger partial charge in [-0.15, -0.1) is 0 Å². The van der Waals surface area contributed by atoms with Gasteiger partial charge in [0.05, 0.1) is 0 Å². The number of hydrogen-bond acceptors (Lipinski definition) is 7. The zero-order chi connectivity index (χ0) is 12.7. The van der Waals surface area contributed by atoms with Crippen LogP contribution in [0.5, 0.6) is 0 Å². The molecule has 0 aromatic carbocycles. The third-order valence-electron chi connectivity index (χ3n) is 1.19. The molecule has 0 radical (unpaired) electrons. The first-order valence-corrected chi connectivity index (χ1v) is 6.25. The number of hydrogen-bond donors (Lipinski definition) is 0. The van der Waals surface area contributed by atoms with E-state index in [4.69, 9.17) is 35.5 Å². The van der Waals surface area contributed by atoms with E-state index < -0.39 is 10.7 Å². The summed E-state index contributed by atoms with van der Waals surface area (Å²) >= 11 is 2.62. The van der Waals surface area contributed by atoms with Crippen LogP contribution in [-0.2, 0) is 30.0 Å². The summed E-state index contributed by atoms with van der Waals surface area (Å²) in [5.74, 6) is 0. The second-order valence-corrected chi connectivity index (χ2v) is 7.42. The summed E-state index contributed by atoms with van der Waals surface area (Å²) in [5.41, 5.74) is 0. The van der Waals surface area contributed by atoms with E-state index in [1.807, 2.05) is 0 Å². The molecule has 0 bridgehead atoms. The molecule has 0 amide bonds.